The van der Waals surface area contributed by atoms with Crippen molar-refractivity contribution in [3.8, 4) is 0 Å². The number of carbonyl (C=O) groups excluding carboxylic acids is 1. The summed E-state index contributed by atoms with van der Waals surface area (Å²) in [5.41, 5.74) is 7.08. The molecule has 0 bridgehead atoms. The third kappa shape index (κ3) is 3.15. The van der Waals surface area contributed by atoms with Gasteiger partial charge in [-0.15, -0.1) is 11.3 Å². The van der Waals surface area contributed by atoms with Crippen LogP contribution < -0.4 is 5.73 Å². The normalized spacial score (nSPS) is 17.3. The summed E-state index contributed by atoms with van der Waals surface area (Å²) < 4.78 is 5.12. The van der Waals surface area contributed by atoms with Crippen LogP contribution in [0.15, 0.2) is 0 Å². The lowest BCUT2D eigenvalue weighted by molar-refractivity contribution is 0.0530. The molecule has 2 N–H and O–H groups in total. The van der Waals surface area contributed by atoms with Crippen molar-refractivity contribution < 1.29 is 9.53 Å². The maximum absolute atomic E-state index is 12.0. The highest BCUT2D eigenvalue weighted by Gasteiger charge is 2.35. The van der Waals surface area contributed by atoms with Crippen LogP contribution in [0.1, 0.15) is 72.9 Å². The topological polar surface area (TPSA) is 65.2 Å². The van der Waals surface area contributed by atoms with Crippen LogP contribution in [-0.4, -0.2) is 17.6 Å². The average molecular weight is 282 g/mol. The van der Waals surface area contributed by atoms with Crippen molar-refractivity contribution in [3.05, 3.63) is 15.6 Å². The zero-order valence-corrected chi connectivity index (χ0v) is 12.8. The highest BCUT2D eigenvalue weighted by Crippen LogP contribution is 2.44. The van der Waals surface area contributed by atoms with Crippen molar-refractivity contribution in [2.24, 2.45) is 11.1 Å². The number of aromatic nitrogens is 1. The molecule has 1 aliphatic rings. The van der Waals surface area contributed by atoms with Gasteiger partial charge in [0.05, 0.1) is 18.3 Å². The summed E-state index contributed by atoms with van der Waals surface area (Å²) in [6, 6.07) is -0.154. The molecule has 1 fully saturated rings. The first-order chi connectivity index (χ1) is 8.84. The summed E-state index contributed by atoms with van der Waals surface area (Å²) in [4.78, 5) is 17.3. The Morgan fingerprint density at radius 2 is 2.16 bits per heavy atom. The summed E-state index contributed by atoms with van der Waals surface area (Å²) >= 11 is 1.40. The number of ether oxygens (including phenoxy) is 1. The van der Waals surface area contributed by atoms with Crippen LogP contribution >= 0.6 is 11.3 Å². The maximum Gasteiger partial charge on any atom is 0.350 e. The molecule has 0 radical (unpaired) electrons. The van der Waals surface area contributed by atoms with E-state index in [1.807, 2.05) is 6.92 Å². The van der Waals surface area contributed by atoms with E-state index in [4.69, 9.17) is 10.5 Å². The maximum atomic E-state index is 12.0. The Balaban J connectivity index is 2.32. The molecule has 1 unspecified atom stereocenters. The second kappa shape index (κ2) is 5.21. The molecule has 0 saturated heterocycles. The van der Waals surface area contributed by atoms with E-state index in [0.29, 0.717) is 17.4 Å². The van der Waals surface area contributed by atoms with Gasteiger partial charge in [-0.05, 0) is 25.2 Å². The van der Waals surface area contributed by atoms with Gasteiger partial charge in [-0.2, -0.15) is 0 Å². The average Bonchev–Trinajstić information content (AvgIpc) is 3.06. The van der Waals surface area contributed by atoms with E-state index in [9.17, 15) is 4.79 Å². The number of esters is 1. The van der Waals surface area contributed by atoms with E-state index in [1.165, 1.54) is 11.3 Å². The summed E-state index contributed by atoms with van der Waals surface area (Å²) in [5.74, 6) is 0.172. The Morgan fingerprint density at radius 1 is 1.53 bits per heavy atom. The lowest BCUT2D eigenvalue weighted by Gasteiger charge is -2.24. The second-order valence-electron chi connectivity index (χ2n) is 6.10. The molecule has 0 spiro atoms. The van der Waals surface area contributed by atoms with Crippen molar-refractivity contribution in [1.82, 2.24) is 4.98 Å². The minimum Gasteiger partial charge on any atom is -0.462 e. The summed E-state index contributed by atoms with van der Waals surface area (Å²) in [6.07, 6.45) is 2.22. The standard InChI is InChI=1S/C14H22N2O2S/c1-5-18-13(17)10-9(8-6-7-8)16-12(19-10)11(15)14(2,3)4/h8,11H,5-7,15H2,1-4H3. The van der Waals surface area contributed by atoms with Gasteiger partial charge in [0.1, 0.15) is 9.88 Å². The van der Waals surface area contributed by atoms with Gasteiger partial charge in [-0.1, -0.05) is 20.8 Å². The fourth-order valence-electron chi connectivity index (χ4n) is 1.83. The third-order valence-electron chi connectivity index (χ3n) is 3.29. The van der Waals surface area contributed by atoms with E-state index in [2.05, 4.69) is 25.8 Å². The van der Waals surface area contributed by atoms with Crippen LogP contribution in [0.2, 0.25) is 0 Å². The van der Waals surface area contributed by atoms with Gasteiger partial charge in [0.15, 0.2) is 0 Å². The van der Waals surface area contributed by atoms with Gasteiger partial charge < -0.3 is 10.5 Å². The molecular formula is C14H22N2O2S. The molecule has 1 heterocycles. The Bertz CT molecular complexity index is 472. The van der Waals surface area contributed by atoms with Gasteiger partial charge in [0, 0.05) is 5.92 Å². The minimum atomic E-state index is -0.255. The van der Waals surface area contributed by atoms with Gasteiger partial charge in [0.2, 0.25) is 0 Å². The Hall–Kier alpha value is -0.940. The fourth-order valence-corrected chi connectivity index (χ4v) is 3.12. The lowest BCUT2D eigenvalue weighted by Crippen LogP contribution is -2.26. The molecule has 1 aromatic rings. The molecule has 5 heteroatoms. The van der Waals surface area contributed by atoms with Crippen LogP contribution in [0.5, 0.6) is 0 Å². The highest BCUT2D eigenvalue weighted by atomic mass is 32.1. The van der Waals surface area contributed by atoms with E-state index in [-0.39, 0.29) is 17.4 Å². The molecule has 0 amide bonds. The monoisotopic (exact) mass is 282 g/mol. The molecule has 106 valence electrons. The van der Waals surface area contributed by atoms with E-state index >= 15 is 0 Å². The van der Waals surface area contributed by atoms with Crippen molar-refractivity contribution in [2.75, 3.05) is 6.61 Å². The first-order valence-electron chi connectivity index (χ1n) is 6.78. The molecule has 0 aromatic carbocycles. The van der Waals surface area contributed by atoms with Gasteiger partial charge in [0.25, 0.3) is 0 Å². The zero-order chi connectivity index (χ0) is 14.2. The number of rotatable bonds is 4. The summed E-state index contributed by atoms with van der Waals surface area (Å²) in [5, 5.41) is 0.845. The number of nitrogens with two attached hydrogens (primary N) is 1. The van der Waals surface area contributed by atoms with E-state index in [1.54, 1.807) is 0 Å². The van der Waals surface area contributed by atoms with Gasteiger partial charge in [-0.3, -0.25) is 0 Å². The molecule has 1 atom stereocenters. The Kier molecular flexibility index (Phi) is 3.97. The predicted molar refractivity (Wildman–Crippen MR) is 76.4 cm³/mol. The Morgan fingerprint density at radius 3 is 2.63 bits per heavy atom. The van der Waals surface area contributed by atoms with E-state index < -0.39 is 0 Å². The zero-order valence-electron chi connectivity index (χ0n) is 12.0. The molecule has 4 nitrogen and oxygen atoms in total. The Labute approximate surface area is 118 Å². The number of nitrogens with zero attached hydrogens (tertiary/aromatic N) is 1. The van der Waals surface area contributed by atoms with Gasteiger partial charge in [-0.25, -0.2) is 9.78 Å². The molecule has 2 rings (SSSR count). The first-order valence-corrected chi connectivity index (χ1v) is 7.59. The largest absolute Gasteiger partial charge is 0.462 e. The van der Waals surface area contributed by atoms with Crippen LogP contribution in [0.4, 0.5) is 0 Å². The van der Waals surface area contributed by atoms with Crippen molar-refractivity contribution in [2.45, 2.75) is 52.5 Å². The number of carbonyl (C=O) groups is 1. The summed E-state index contributed by atoms with van der Waals surface area (Å²) in [6.45, 7) is 8.46. The first kappa shape index (κ1) is 14.5. The third-order valence-corrected chi connectivity index (χ3v) is 4.43. The number of hydrogen-bond donors (Lipinski definition) is 1. The van der Waals surface area contributed by atoms with Crippen LogP contribution in [-0.2, 0) is 4.74 Å². The molecule has 1 aliphatic carbocycles. The predicted octanol–water partition coefficient (Wildman–Crippen LogP) is 3.24. The minimum absolute atomic E-state index is 0.0649. The second-order valence-corrected chi connectivity index (χ2v) is 7.14. The molecule has 1 aromatic heterocycles. The van der Waals surface area contributed by atoms with Crippen LogP contribution in [0.25, 0.3) is 0 Å². The molecule has 0 aliphatic heterocycles. The van der Waals surface area contributed by atoms with E-state index in [0.717, 1.165) is 23.5 Å². The van der Waals surface area contributed by atoms with Crippen LogP contribution in [0, 0.1) is 5.41 Å². The smallest absolute Gasteiger partial charge is 0.350 e. The van der Waals surface area contributed by atoms with Crippen molar-refractivity contribution >= 4 is 17.3 Å². The molecule has 19 heavy (non-hydrogen) atoms. The number of hydrogen-bond acceptors (Lipinski definition) is 5. The van der Waals surface area contributed by atoms with Crippen LogP contribution in [0.3, 0.4) is 0 Å². The molecular weight excluding hydrogens is 260 g/mol. The van der Waals surface area contributed by atoms with Crippen molar-refractivity contribution in [3.63, 3.8) is 0 Å². The van der Waals surface area contributed by atoms with Crippen molar-refractivity contribution in [1.29, 1.82) is 0 Å². The molecule has 1 saturated carbocycles. The SMILES string of the molecule is CCOC(=O)c1sc(C(N)C(C)(C)C)nc1C1CC1. The van der Waals surface area contributed by atoms with Gasteiger partial charge >= 0.3 is 5.97 Å². The summed E-state index contributed by atoms with van der Waals surface area (Å²) in [7, 11) is 0. The lowest BCUT2D eigenvalue weighted by atomic mass is 9.88. The fraction of sp³-hybridized carbons (Fsp3) is 0.714. The number of thiazole rings is 1. The quantitative estimate of drug-likeness (QED) is 0.861. The highest BCUT2D eigenvalue weighted by molar-refractivity contribution is 7.13.